The SMILES string of the molecule is [NH+]#C[B-]1(NCc2ccccc2)OCc2ccccc21. The molecule has 1 heterocycles. The number of rotatable bonds is 3. The summed E-state index contributed by atoms with van der Waals surface area (Å²) in [6, 6.07) is 18.2. The predicted octanol–water partition coefficient (Wildman–Crippen LogP) is -0.0323. The van der Waals surface area contributed by atoms with Crippen LogP contribution in [0.1, 0.15) is 11.1 Å². The minimum absolute atomic E-state index is 0.545. The van der Waals surface area contributed by atoms with E-state index in [9.17, 15) is 0 Å². The van der Waals surface area contributed by atoms with Crippen LogP contribution in [0.15, 0.2) is 54.6 Å². The fourth-order valence-electron chi connectivity index (χ4n) is 2.56. The fourth-order valence-corrected chi connectivity index (χ4v) is 2.56. The van der Waals surface area contributed by atoms with E-state index < -0.39 is 6.48 Å². The van der Waals surface area contributed by atoms with Gasteiger partial charge in [-0.2, -0.15) is 0 Å². The van der Waals surface area contributed by atoms with Gasteiger partial charge in [0.2, 0.25) is 0 Å². The van der Waals surface area contributed by atoms with Gasteiger partial charge in [0, 0.05) is 6.61 Å². The van der Waals surface area contributed by atoms with Crippen molar-refractivity contribution >= 4 is 11.9 Å². The summed E-state index contributed by atoms with van der Waals surface area (Å²) in [5.74, 6) is 2.58. The molecule has 94 valence electrons. The Balaban J connectivity index is 1.85. The van der Waals surface area contributed by atoms with Crippen LogP contribution in [0.2, 0.25) is 0 Å². The molecule has 2 aromatic carbocycles. The second-order valence-electron chi connectivity index (χ2n) is 4.81. The van der Waals surface area contributed by atoms with Crippen molar-refractivity contribution in [2.75, 3.05) is 0 Å². The lowest BCUT2D eigenvalue weighted by Gasteiger charge is -2.27. The van der Waals surface area contributed by atoms with Crippen LogP contribution in [-0.2, 0) is 17.8 Å². The molecule has 2 aromatic rings. The molecule has 0 amide bonds. The summed E-state index contributed by atoms with van der Waals surface area (Å²) in [5.41, 5.74) is 3.36. The molecular formula is C15H15BN2O. The van der Waals surface area contributed by atoms with Gasteiger partial charge >= 0.3 is 6.48 Å². The average molecular weight is 250 g/mol. The maximum absolute atomic E-state index is 7.63. The van der Waals surface area contributed by atoms with Gasteiger partial charge in [-0.3, -0.25) is 0 Å². The first-order valence-electron chi connectivity index (χ1n) is 6.44. The quantitative estimate of drug-likeness (QED) is 0.751. The molecule has 3 nitrogen and oxygen atoms in total. The van der Waals surface area contributed by atoms with E-state index in [1.54, 1.807) is 0 Å². The van der Waals surface area contributed by atoms with Crippen molar-refractivity contribution in [2.24, 2.45) is 0 Å². The third kappa shape index (κ3) is 2.14. The van der Waals surface area contributed by atoms with Gasteiger partial charge in [-0.15, -0.1) is 10.7 Å². The smallest absolute Gasteiger partial charge is 0.372 e. The summed E-state index contributed by atoms with van der Waals surface area (Å²) in [6.45, 7) is -0.432. The van der Waals surface area contributed by atoms with Crippen LogP contribution in [0.5, 0.6) is 0 Å². The topological polar surface area (TPSA) is 45.1 Å². The molecule has 1 aliphatic heterocycles. The summed E-state index contributed by atoms with van der Waals surface area (Å²) in [6.07, 6.45) is 0. The summed E-state index contributed by atoms with van der Waals surface area (Å²) < 4.78 is 5.83. The van der Waals surface area contributed by atoms with Gasteiger partial charge in [-0.25, -0.2) is 0 Å². The first-order chi connectivity index (χ1) is 9.34. The molecule has 0 fully saturated rings. The van der Waals surface area contributed by atoms with Crippen LogP contribution in [0, 0.1) is 5.97 Å². The van der Waals surface area contributed by atoms with Crippen molar-refractivity contribution in [3.05, 3.63) is 65.7 Å². The molecule has 3 rings (SSSR count). The lowest BCUT2D eigenvalue weighted by molar-refractivity contribution is -0.0899. The second kappa shape index (κ2) is 4.89. The highest BCUT2D eigenvalue weighted by molar-refractivity contribution is 6.91. The number of hydrogen-bond acceptors (Lipinski definition) is 2. The fraction of sp³-hybridized carbons (Fsp3) is 0.133. The van der Waals surface area contributed by atoms with Crippen molar-refractivity contribution in [1.29, 1.82) is 0 Å². The van der Waals surface area contributed by atoms with Gasteiger partial charge in [-0.05, 0) is 12.1 Å². The van der Waals surface area contributed by atoms with E-state index in [4.69, 9.17) is 9.92 Å². The van der Waals surface area contributed by atoms with Crippen molar-refractivity contribution in [2.45, 2.75) is 13.2 Å². The first kappa shape index (κ1) is 12.0. The zero-order valence-corrected chi connectivity index (χ0v) is 10.6. The first-order valence-corrected chi connectivity index (χ1v) is 6.44. The average Bonchev–Trinajstić information content (AvgIpc) is 2.86. The third-order valence-corrected chi connectivity index (χ3v) is 3.62. The number of benzene rings is 2. The maximum Gasteiger partial charge on any atom is 0.372 e. The lowest BCUT2D eigenvalue weighted by atomic mass is 9.48. The second-order valence-corrected chi connectivity index (χ2v) is 4.81. The van der Waals surface area contributed by atoms with Crippen molar-refractivity contribution in [3.8, 4) is 5.97 Å². The van der Waals surface area contributed by atoms with Gasteiger partial charge in [0.05, 0.1) is 0 Å². The molecule has 0 aliphatic carbocycles. The molecule has 0 spiro atoms. The summed E-state index contributed by atoms with van der Waals surface area (Å²) in [7, 11) is 0. The Hall–Kier alpha value is -2.09. The Labute approximate surface area is 112 Å². The molecule has 1 aliphatic rings. The van der Waals surface area contributed by atoms with Crippen molar-refractivity contribution in [1.82, 2.24) is 5.23 Å². The van der Waals surface area contributed by atoms with E-state index in [-0.39, 0.29) is 0 Å². The maximum atomic E-state index is 7.63. The molecule has 0 saturated carbocycles. The Morgan fingerprint density at radius 2 is 1.84 bits per heavy atom. The molecule has 0 saturated heterocycles. The minimum Gasteiger partial charge on any atom is -0.557 e. The molecule has 0 radical (unpaired) electrons. The van der Waals surface area contributed by atoms with E-state index in [0.29, 0.717) is 13.2 Å². The van der Waals surface area contributed by atoms with Gasteiger partial charge in [-0.1, -0.05) is 60.2 Å². The highest BCUT2D eigenvalue weighted by Gasteiger charge is 2.38. The lowest BCUT2D eigenvalue weighted by Crippen LogP contribution is -2.61. The van der Waals surface area contributed by atoms with E-state index >= 15 is 0 Å². The number of nitrogens with one attached hydrogen (secondary N) is 2. The van der Waals surface area contributed by atoms with E-state index in [0.717, 1.165) is 11.0 Å². The largest absolute Gasteiger partial charge is 0.557 e. The third-order valence-electron chi connectivity index (χ3n) is 3.62. The molecule has 1 atom stereocenters. The standard InChI is InChI=1S/C15H14BN2O/c17-12-16(18-10-13-6-2-1-3-7-13)15-9-5-4-8-14(15)11-19-16/h1-9,18H,10-11H2/q-1/p+1. The Kier molecular flexibility index (Phi) is 3.08. The molecule has 1 unspecified atom stereocenters. The molecule has 19 heavy (non-hydrogen) atoms. The summed E-state index contributed by atoms with van der Waals surface area (Å²) in [4.78, 5) is 0. The van der Waals surface area contributed by atoms with E-state index in [1.165, 1.54) is 5.56 Å². The Bertz CT molecular complexity index is 624. The van der Waals surface area contributed by atoms with Crippen molar-refractivity contribution < 1.29 is 9.92 Å². The van der Waals surface area contributed by atoms with Gasteiger partial charge in [0.1, 0.15) is 5.97 Å². The highest BCUT2D eigenvalue weighted by atomic mass is 16.5. The normalized spacial score (nSPS) is 20.8. The number of fused-ring (bicyclic) bond motifs is 1. The molecular weight excluding hydrogens is 235 g/mol. The number of hydrogen-bond donors (Lipinski definition) is 2. The Morgan fingerprint density at radius 3 is 2.63 bits per heavy atom. The molecule has 0 aromatic heterocycles. The summed E-state index contributed by atoms with van der Waals surface area (Å²) >= 11 is 0. The monoisotopic (exact) mass is 250 g/mol. The van der Waals surface area contributed by atoms with Crippen LogP contribution in [0.3, 0.4) is 0 Å². The summed E-state index contributed by atoms with van der Waals surface area (Å²) in [5, 5.41) is 11.0. The van der Waals surface area contributed by atoms with Gasteiger partial charge < -0.3 is 9.88 Å². The van der Waals surface area contributed by atoms with E-state index in [1.807, 2.05) is 42.5 Å². The molecule has 2 N–H and O–H groups in total. The molecule has 0 bridgehead atoms. The minimum atomic E-state index is -1.65. The van der Waals surface area contributed by atoms with E-state index in [2.05, 4.69) is 23.3 Å². The van der Waals surface area contributed by atoms with Gasteiger partial charge in [0.25, 0.3) is 0 Å². The van der Waals surface area contributed by atoms with Crippen LogP contribution < -0.4 is 16.0 Å². The van der Waals surface area contributed by atoms with Crippen molar-refractivity contribution in [3.63, 3.8) is 0 Å². The van der Waals surface area contributed by atoms with Crippen LogP contribution in [0.4, 0.5) is 0 Å². The zero-order valence-electron chi connectivity index (χ0n) is 10.6. The van der Waals surface area contributed by atoms with Gasteiger partial charge in [0.15, 0.2) is 0 Å². The van der Waals surface area contributed by atoms with Crippen LogP contribution in [-0.4, -0.2) is 6.48 Å². The predicted molar refractivity (Wildman–Crippen MR) is 74.8 cm³/mol. The van der Waals surface area contributed by atoms with Crippen LogP contribution in [0.25, 0.3) is 0 Å². The molecule has 4 heteroatoms. The van der Waals surface area contributed by atoms with Crippen LogP contribution >= 0.6 is 0 Å². The highest BCUT2D eigenvalue weighted by Crippen LogP contribution is 2.16. The zero-order chi connectivity index (χ0) is 13.1. The Morgan fingerprint density at radius 1 is 1.11 bits per heavy atom.